The third-order valence-corrected chi connectivity index (χ3v) is 6.35. The standard InChI is InChI=1S/C18H19BrN2O3S/c1-13(20-25(23,24)17-8-6-16(19)7-9-17)18(22)21-11-10-14-4-2-3-5-15(14)12-21/h2-9,13,20H,10-12H2,1H3/t13-/m0/s1. The van der Waals surface area contributed by atoms with Gasteiger partial charge in [0.1, 0.15) is 0 Å². The lowest BCUT2D eigenvalue weighted by molar-refractivity contribution is -0.133. The van der Waals surface area contributed by atoms with Crippen LogP contribution in [-0.2, 0) is 27.8 Å². The molecule has 3 rings (SSSR count). The monoisotopic (exact) mass is 422 g/mol. The smallest absolute Gasteiger partial charge is 0.241 e. The summed E-state index contributed by atoms with van der Waals surface area (Å²) in [5.41, 5.74) is 2.36. The molecule has 1 N–H and O–H groups in total. The molecule has 132 valence electrons. The van der Waals surface area contributed by atoms with Crippen molar-refractivity contribution in [1.29, 1.82) is 0 Å². The van der Waals surface area contributed by atoms with Crippen molar-refractivity contribution in [3.8, 4) is 0 Å². The zero-order chi connectivity index (χ0) is 18.0. The van der Waals surface area contributed by atoms with Gasteiger partial charge in [-0.25, -0.2) is 8.42 Å². The molecule has 0 fully saturated rings. The summed E-state index contributed by atoms with van der Waals surface area (Å²) in [6.45, 7) is 2.69. The molecule has 0 saturated carbocycles. The Bertz CT molecular complexity index is 881. The minimum atomic E-state index is -3.74. The number of hydrogen-bond acceptors (Lipinski definition) is 3. The van der Waals surface area contributed by atoms with Crippen LogP contribution in [0.15, 0.2) is 57.9 Å². The summed E-state index contributed by atoms with van der Waals surface area (Å²) in [5, 5.41) is 0. The number of amides is 1. The molecule has 0 saturated heterocycles. The number of rotatable bonds is 4. The van der Waals surface area contributed by atoms with E-state index < -0.39 is 16.1 Å². The van der Waals surface area contributed by atoms with Crippen molar-refractivity contribution >= 4 is 31.9 Å². The number of carbonyl (C=O) groups excluding carboxylic acids is 1. The third kappa shape index (κ3) is 4.11. The van der Waals surface area contributed by atoms with Gasteiger partial charge in [0.15, 0.2) is 0 Å². The molecule has 2 aromatic rings. The van der Waals surface area contributed by atoms with E-state index in [1.807, 2.05) is 18.2 Å². The summed E-state index contributed by atoms with van der Waals surface area (Å²) in [4.78, 5) is 14.5. The minimum absolute atomic E-state index is 0.138. The van der Waals surface area contributed by atoms with Crippen LogP contribution in [0.5, 0.6) is 0 Å². The summed E-state index contributed by atoms with van der Waals surface area (Å²) < 4.78 is 28.2. The average Bonchev–Trinajstić information content (AvgIpc) is 2.60. The predicted octanol–water partition coefficient (Wildman–Crippen LogP) is 2.70. The van der Waals surface area contributed by atoms with E-state index in [0.717, 1.165) is 16.5 Å². The number of benzene rings is 2. The lowest BCUT2D eigenvalue weighted by Gasteiger charge is -2.31. The first kappa shape index (κ1) is 18.1. The van der Waals surface area contributed by atoms with Crippen molar-refractivity contribution in [1.82, 2.24) is 9.62 Å². The van der Waals surface area contributed by atoms with E-state index in [4.69, 9.17) is 0 Å². The molecule has 5 nitrogen and oxygen atoms in total. The fraction of sp³-hybridized carbons (Fsp3) is 0.278. The number of sulfonamides is 1. The van der Waals surface area contributed by atoms with Gasteiger partial charge in [-0.15, -0.1) is 0 Å². The lowest BCUT2D eigenvalue weighted by atomic mass is 9.99. The van der Waals surface area contributed by atoms with Gasteiger partial charge >= 0.3 is 0 Å². The van der Waals surface area contributed by atoms with E-state index in [1.54, 1.807) is 24.0 Å². The van der Waals surface area contributed by atoms with Crippen LogP contribution in [0.3, 0.4) is 0 Å². The van der Waals surface area contributed by atoms with Crippen molar-refractivity contribution in [2.75, 3.05) is 6.54 Å². The zero-order valence-corrected chi connectivity index (χ0v) is 16.2. The summed E-state index contributed by atoms with van der Waals surface area (Å²) in [7, 11) is -3.74. The van der Waals surface area contributed by atoms with Gasteiger partial charge < -0.3 is 4.90 Å². The van der Waals surface area contributed by atoms with Crippen LogP contribution in [0.25, 0.3) is 0 Å². The van der Waals surface area contributed by atoms with Crippen molar-refractivity contribution in [2.45, 2.75) is 30.8 Å². The summed E-state index contributed by atoms with van der Waals surface area (Å²) in [6, 6.07) is 13.5. The van der Waals surface area contributed by atoms with Crippen LogP contribution < -0.4 is 4.72 Å². The molecule has 25 heavy (non-hydrogen) atoms. The first-order valence-electron chi connectivity index (χ1n) is 8.00. The van der Waals surface area contributed by atoms with Crippen molar-refractivity contribution in [3.05, 3.63) is 64.1 Å². The number of carbonyl (C=O) groups is 1. The van der Waals surface area contributed by atoms with E-state index in [2.05, 4.69) is 26.7 Å². The number of halogens is 1. The number of fused-ring (bicyclic) bond motifs is 1. The number of nitrogens with zero attached hydrogens (tertiary/aromatic N) is 1. The zero-order valence-electron chi connectivity index (χ0n) is 13.8. The second-order valence-electron chi connectivity index (χ2n) is 6.08. The highest BCUT2D eigenvalue weighted by molar-refractivity contribution is 9.10. The van der Waals surface area contributed by atoms with E-state index in [9.17, 15) is 13.2 Å². The van der Waals surface area contributed by atoms with Crippen molar-refractivity contribution < 1.29 is 13.2 Å². The Hall–Kier alpha value is -1.70. The topological polar surface area (TPSA) is 66.5 Å². The van der Waals surface area contributed by atoms with Crippen LogP contribution in [0.1, 0.15) is 18.1 Å². The second kappa shape index (κ2) is 7.27. The summed E-state index contributed by atoms with van der Waals surface area (Å²) in [6.07, 6.45) is 0.786. The van der Waals surface area contributed by atoms with E-state index in [0.29, 0.717) is 13.1 Å². The molecular weight excluding hydrogens is 404 g/mol. The molecule has 7 heteroatoms. The van der Waals surface area contributed by atoms with Crippen LogP contribution in [0, 0.1) is 0 Å². The van der Waals surface area contributed by atoms with Gasteiger partial charge in [-0.1, -0.05) is 40.2 Å². The molecule has 0 spiro atoms. The summed E-state index contributed by atoms with van der Waals surface area (Å²) in [5.74, 6) is -0.213. The molecule has 0 bridgehead atoms. The molecule has 0 unspecified atom stereocenters. The normalized spacial score (nSPS) is 15.5. The van der Waals surface area contributed by atoms with Crippen LogP contribution in [-0.4, -0.2) is 31.8 Å². The Balaban J connectivity index is 1.70. The highest BCUT2D eigenvalue weighted by Gasteiger charge is 2.28. The SMILES string of the molecule is C[C@H](NS(=O)(=O)c1ccc(Br)cc1)C(=O)N1CCc2ccccc2C1. The molecule has 2 aromatic carbocycles. The molecular formula is C18H19BrN2O3S. The molecule has 0 aromatic heterocycles. The van der Waals surface area contributed by atoms with Crippen molar-refractivity contribution in [3.63, 3.8) is 0 Å². The predicted molar refractivity (Wildman–Crippen MR) is 99.5 cm³/mol. The molecule has 0 radical (unpaired) electrons. The van der Waals surface area contributed by atoms with E-state index in [1.165, 1.54) is 17.7 Å². The van der Waals surface area contributed by atoms with E-state index >= 15 is 0 Å². The Labute approximate surface area is 156 Å². The highest BCUT2D eigenvalue weighted by Crippen LogP contribution is 2.20. The molecule has 1 atom stereocenters. The number of nitrogens with one attached hydrogen (secondary N) is 1. The maximum absolute atomic E-state index is 12.7. The van der Waals surface area contributed by atoms with Crippen LogP contribution in [0.2, 0.25) is 0 Å². The van der Waals surface area contributed by atoms with Gasteiger partial charge in [0, 0.05) is 17.6 Å². The highest BCUT2D eigenvalue weighted by atomic mass is 79.9. The molecule has 1 amide bonds. The van der Waals surface area contributed by atoms with E-state index in [-0.39, 0.29) is 10.8 Å². The Morgan fingerprint density at radius 2 is 1.76 bits per heavy atom. The molecule has 1 aliphatic rings. The number of hydrogen-bond donors (Lipinski definition) is 1. The van der Waals surface area contributed by atoms with Crippen molar-refractivity contribution in [2.24, 2.45) is 0 Å². The maximum atomic E-state index is 12.7. The molecule has 0 aliphatic carbocycles. The largest absolute Gasteiger partial charge is 0.337 e. The maximum Gasteiger partial charge on any atom is 0.241 e. The molecule has 1 aliphatic heterocycles. The minimum Gasteiger partial charge on any atom is -0.337 e. The lowest BCUT2D eigenvalue weighted by Crippen LogP contribution is -2.48. The third-order valence-electron chi connectivity index (χ3n) is 4.27. The van der Waals surface area contributed by atoms with Crippen LogP contribution >= 0.6 is 15.9 Å². The van der Waals surface area contributed by atoms with Gasteiger partial charge in [-0.05, 0) is 48.7 Å². The fourth-order valence-electron chi connectivity index (χ4n) is 2.92. The second-order valence-corrected chi connectivity index (χ2v) is 8.71. The first-order chi connectivity index (χ1) is 11.9. The average molecular weight is 423 g/mol. The van der Waals surface area contributed by atoms with Crippen LogP contribution in [0.4, 0.5) is 0 Å². The summed E-state index contributed by atoms with van der Waals surface area (Å²) >= 11 is 3.28. The van der Waals surface area contributed by atoms with Gasteiger partial charge in [0.05, 0.1) is 10.9 Å². The van der Waals surface area contributed by atoms with Gasteiger partial charge in [0.25, 0.3) is 0 Å². The Kier molecular flexibility index (Phi) is 5.27. The quantitative estimate of drug-likeness (QED) is 0.823. The fourth-order valence-corrected chi connectivity index (χ4v) is 4.38. The van der Waals surface area contributed by atoms with Gasteiger partial charge in [-0.2, -0.15) is 4.72 Å². The first-order valence-corrected chi connectivity index (χ1v) is 10.3. The molecule has 1 heterocycles. The van der Waals surface area contributed by atoms with Gasteiger partial charge in [0.2, 0.25) is 15.9 Å². The Morgan fingerprint density at radius 1 is 1.12 bits per heavy atom. The van der Waals surface area contributed by atoms with Gasteiger partial charge in [-0.3, -0.25) is 4.79 Å². The Morgan fingerprint density at radius 3 is 2.44 bits per heavy atom.